The van der Waals surface area contributed by atoms with Crippen LogP contribution >= 0.6 is 0 Å². The maximum absolute atomic E-state index is 12.8. The van der Waals surface area contributed by atoms with Crippen LogP contribution < -0.4 is 0 Å². The molecule has 388 valence electrons. The zero-order valence-electron chi connectivity index (χ0n) is 44.4. The van der Waals surface area contributed by atoms with Crippen LogP contribution in [0.15, 0.2) is 60.8 Å². The van der Waals surface area contributed by atoms with E-state index in [1.807, 2.05) is 0 Å². The molecule has 0 aliphatic heterocycles. The molecule has 6 nitrogen and oxygen atoms in total. The van der Waals surface area contributed by atoms with Crippen molar-refractivity contribution in [2.45, 2.75) is 297 Å². The molecular formula is C61H108O6. The number of hydrogen-bond acceptors (Lipinski definition) is 6. The van der Waals surface area contributed by atoms with Crippen LogP contribution in [0, 0.1) is 0 Å². The molecule has 0 spiro atoms. The lowest BCUT2D eigenvalue weighted by Crippen LogP contribution is -2.30. The second-order valence-electron chi connectivity index (χ2n) is 19.2. The predicted molar refractivity (Wildman–Crippen MR) is 288 cm³/mol. The van der Waals surface area contributed by atoms with Crippen LogP contribution in [0.4, 0.5) is 0 Å². The molecule has 0 bridgehead atoms. The van der Waals surface area contributed by atoms with Gasteiger partial charge in [0.05, 0.1) is 0 Å². The molecular weight excluding hydrogens is 829 g/mol. The van der Waals surface area contributed by atoms with Gasteiger partial charge in [-0.25, -0.2) is 0 Å². The largest absolute Gasteiger partial charge is 0.462 e. The maximum Gasteiger partial charge on any atom is 0.306 e. The van der Waals surface area contributed by atoms with Gasteiger partial charge in [-0.15, -0.1) is 0 Å². The van der Waals surface area contributed by atoms with Crippen LogP contribution in [0.3, 0.4) is 0 Å². The van der Waals surface area contributed by atoms with E-state index in [-0.39, 0.29) is 31.1 Å². The molecule has 0 saturated heterocycles. The minimum absolute atomic E-state index is 0.0822. The second-order valence-corrected chi connectivity index (χ2v) is 19.2. The molecule has 0 fully saturated rings. The minimum Gasteiger partial charge on any atom is -0.462 e. The fourth-order valence-electron chi connectivity index (χ4n) is 8.13. The number of rotatable bonds is 52. The zero-order chi connectivity index (χ0) is 48.6. The van der Waals surface area contributed by atoms with Gasteiger partial charge < -0.3 is 14.2 Å². The quantitative estimate of drug-likeness (QED) is 0.0262. The molecule has 0 heterocycles. The van der Waals surface area contributed by atoms with Gasteiger partial charge in [-0.3, -0.25) is 14.4 Å². The van der Waals surface area contributed by atoms with Crippen molar-refractivity contribution in [1.82, 2.24) is 0 Å². The van der Waals surface area contributed by atoms with Gasteiger partial charge >= 0.3 is 17.9 Å². The number of carbonyl (C=O) groups excluding carboxylic acids is 3. The van der Waals surface area contributed by atoms with Crippen molar-refractivity contribution in [3.05, 3.63) is 60.8 Å². The molecule has 1 atom stereocenters. The van der Waals surface area contributed by atoms with Crippen molar-refractivity contribution in [2.75, 3.05) is 13.2 Å². The monoisotopic (exact) mass is 937 g/mol. The van der Waals surface area contributed by atoms with Crippen LogP contribution in [0.5, 0.6) is 0 Å². The highest BCUT2D eigenvalue weighted by atomic mass is 16.6. The lowest BCUT2D eigenvalue weighted by Gasteiger charge is -2.18. The molecule has 0 radical (unpaired) electrons. The molecule has 0 aromatic heterocycles. The first-order chi connectivity index (χ1) is 33.0. The first-order valence-corrected chi connectivity index (χ1v) is 28.8. The van der Waals surface area contributed by atoms with E-state index in [4.69, 9.17) is 14.2 Å². The molecule has 0 unspecified atom stereocenters. The SMILES string of the molecule is CCCCC/C=C\C/C=C\C/C=C\CCCCCCC(=O)O[C@@H](COC(=O)CCCCCCCCCCC/C=C\C/C=C\CCCCC)COC(=O)CCCCCCCCCCCCCCC. The molecule has 0 saturated carbocycles. The number of unbranched alkanes of at least 4 members (excludes halogenated alkanes) is 31. The van der Waals surface area contributed by atoms with Gasteiger partial charge in [0.15, 0.2) is 6.10 Å². The summed E-state index contributed by atoms with van der Waals surface area (Å²) in [4.78, 5) is 38.1. The van der Waals surface area contributed by atoms with E-state index in [0.29, 0.717) is 19.3 Å². The van der Waals surface area contributed by atoms with Crippen LogP contribution in [-0.4, -0.2) is 37.2 Å². The number of allylic oxidation sites excluding steroid dienone is 10. The van der Waals surface area contributed by atoms with Gasteiger partial charge in [0, 0.05) is 19.3 Å². The van der Waals surface area contributed by atoms with Gasteiger partial charge in [-0.1, -0.05) is 242 Å². The number of hydrogen-bond donors (Lipinski definition) is 0. The average molecular weight is 938 g/mol. The fraction of sp³-hybridized carbons (Fsp3) is 0.787. The highest BCUT2D eigenvalue weighted by Crippen LogP contribution is 2.16. The van der Waals surface area contributed by atoms with Crippen molar-refractivity contribution in [1.29, 1.82) is 0 Å². The fourth-order valence-corrected chi connectivity index (χ4v) is 8.13. The molecule has 67 heavy (non-hydrogen) atoms. The first kappa shape index (κ1) is 64.1. The number of esters is 3. The Bertz CT molecular complexity index is 1210. The van der Waals surface area contributed by atoms with Gasteiger partial charge in [0.2, 0.25) is 0 Å². The Morgan fingerprint density at radius 1 is 0.299 bits per heavy atom. The number of carbonyl (C=O) groups is 3. The Morgan fingerprint density at radius 2 is 0.537 bits per heavy atom. The third kappa shape index (κ3) is 53.9. The van der Waals surface area contributed by atoms with E-state index < -0.39 is 6.10 Å². The summed E-state index contributed by atoms with van der Waals surface area (Å²) in [5, 5.41) is 0. The Kier molecular flexibility index (Phi) is 53.3. The van der Waals surface area contributed by atoms with Crippen molar-refractivity contribution >= 4 is 17.9 Å². The van der Waals surface area contributed by atoms with E-state index in [1.165, 1.54) is 161 Å². The number of ether oxygens (including phenoxy) is 3. The van der Waals surface area contributed by atoms with Gasteiger partial charge in [0.1, 0.15) is 13.2 Å². The zero-order valence-corrected chi connectivity index (χ0v) is 44.4. The Balaban J connectivity index is 4.39. The van der Waals surface area contributed by atoms with E-state index in [9.17, 15) is 14.4 Å². The summed E-state index contributed by atoms with van der Waals surface area (Å²) in [5.74, 6) is -0.897. The van der Waals surface area contributed by atoms with Gasteiger partial charge in [-0.2, -0.15) is 0 Å². The lowest BCUT2D eigenvalue weighted by atomic mass is 10.0. The van der Waals surface area contributed by atoms with Gasteiger partial charge in [-0.05, 0) is 89.9 Å². The molecule has 0 aromatic carbocycles. The summed E-state index contributed by atoms with van der Waals surface area (Å²) in [6.45, 7) is 6.59. The smallest absolute Gasteiger partial charge is 0.306 e. The molecule has 0 rings (SSSR count). The van der Waals surface area contributed by atoms with Crippen molar-refractivity contribution in [3.8, 4) is 0 Å². The molecule has 0 amide bonds. The van der Waals surface area contributed by atoms with Crippen molar-refractivity contribution in [3.63, 3.8) is 0 Å². The molecule has 6 heteroatoms. The standard InChI is InChI=1S/C61H108O6/c1-4-7-10-13-16-19-22-25-27-29-30-32-33-36-39-42-45-48-51-54-60(63)66-57-58(56-65-59(62)53-50-47-44-41-38-35-24-21-18-15-12-9-6-3)67-61(64)55-52-49-46-43-40-37-34-31-28-26-23-20-17-14-11-8-5-2/h16-17,19-20,25-28,34,37,58H,4-15,18,21-24,29-33,35-36,38-57H2,1-3H3/b19-16-,20-17-,27-25-,28-26-,37-34-/t58-/m1/s1. The van der Waals surface area contributed by atoms with Crippen LogP contribution in [0.1, 0.15) is 290 Å². The second kappa shape index (κ2) is 55.7. The summed E-state index contributed by atoms with van der Waals surface area (Å²) in [6.07, 6.45) is 69.2. The van der Waals surface area contributed by atoms with E-state index >= 15 is 0 Å². The average Bonchev–Trinajstić information content (AvgIpc) is 3.33. The van der Waals surface area contributed by atoms with E-state index in [2.05, 4.69) is 81.5 Å². The van der Waals surface area contributed by atoms with Crippen molar-refractivity contribution in [2.24, 2.45) is 0 Å². The Morgan fingerprint density at radius 3 is 0.866 bits per heavy atom. The summed E-state index contributed by atoms with van der Waals surface area (Å²) in [7, 11) is 0. The summed E-state index contributed by atoms with van der Waals surface area (Å²) >= 11 is 0. The van der Waals surface area contributed by atoms with Crippen LogP contribution in [0.2, 0.25) is 0 Å². The normalized spacial score (nSPS) is 12.5. The lowest BCUT2D eigenvalue weighted by molar-refractivity contribution is -0.167. The minimum atomic E-state index is -0.786. The van der Waals surface area contributed by atoms with Gasteiger partial charge in [0.25, 0.3) is 0 Å². The van der Waals surface area contributed by atoms with Crippen LogP contribution in [-0.2, 0) is 28.6 Å². The van der Waals surface area contributed by atoms with E-state index in [0.717, 1.165) is 89.9 Å². The molecule has 0 aliphatic carbocycles. The van der Waals surface area contributed by atoms with Crippen LogP contribution in [0.25, 0.3) is 0 Å². The third-order valence-electron chi connectivity index (χ3n) is 12.5. The molecule has 0 aromatic rings. The summed E-state index contributed by atoms with van der Waals surface area (Å²) < 4.78 is 16.9. The summed E-state index contributed by atoms with van der Waals surface area (Å²) in [5.41, 5.74) is 0. The predicted octanol–water partition coefficient (Wildman–Crippen LogP) is 19.2. The van der Waals surface area contributed by atoms with E-state index in [1.54, 1.807) is 0 Å². The summed E-state index contributed by atoms with van der Waals surface area (Å²) in [6, 6.07) is 0. The Labute approximate surface area is 415 Å². The highest BCUT2D eigenvalue weighted by molar-refractivity contribution is 5.71. The Hall–Kier alpha value is -2.89. The van der Waals surface area contributed by atoms with Crippen molar-refractivity contribution < 1.29 is 28.6 Å². The highest BCUT2D eigenvalue weighted by Gasteiger charge is 2.19. The molecule has 0 aliphatic rings. The molecule has 0 N–H and O–H groups in total. The third-order valence-corrected chi connectivity index (χ3v) is 12.5. The first-order valence-electron chi connectivity index (χ1n) is 28.8. The maximum atomic E-state index is 12.8. The topological polar surface area (TPSA) is 78.9 Å².